The van der Waals surface area contributed by atoms with Crippen LogP contribution in [0.25, 0.3) is 0 Å². The SMILES string of the molecule is CC(C)(O)C(C)(C)c1ccc2c(c1)NC(=O)c1ccc(B3OC(C)(C)C(C)(C)O3)cc1N2. The van der Waals surface area contributed by atoms with Gasteiger partial charge in [-0.3, -0.25) is 4.79 Å². The molecule has 0 aromatic heterocycles. The van der Waals surface area contributed by atoms with Crippen LogP contribution in [0, 0.1) is 0 Å². The maximum Gasteiger partial charge on any atom is 0.494 e. The van der Waals surface area contributed by atoms with Crippen LogP contribution in [-0.4, -0.2) is 34.9 Å². The summed E-state index contributed by atoms with van der Waals surface area (Å²) in [6.45, 7) is 15.6. The molecule has 0 radical (unpaired) electrons. The zero-order valence-corrected chi connectivity index (χ0v) is 20.2. The van der Waals surface area contributed by atoms with Crippen molar-refractivity contribution in [2.24, 2.45) is 0 Å². The van der Waals surface area contributed by atoms with E-state index in [9.17, 15) is 9.90 Å². The number of hydrogen-bond donors (Lipinski definition) is 3. The topological polar surface area (TPSA) is 79.8 Å². The van der Waals surface area contributed by atoms with E-state index in [2.05, 4.69) is 10.6 Å². The predicted molar refractivity (Wildman–Crippen MR) is 129 cm³/mol. The van der Waals surface area contributed by atoms with Crippen LogP contribution >= 0.6 is 0 Å². The first-order valence-electron chi connectivity index (χ1n) is 11.1. The molecule has 0 atom stereocenters. The Bertz CT molecular complexity index is 1070. The van der Waals surface area contributed by atoms with Gasteiger partial charge in [-0.05, 0) is 76.8 Å². The van der Waals surface area contributed by atoms with Gasteiger partial charge in [-0.1, -0.05) is 26.0 Å². The molecule has 2 aliphatic rings. The van der Waals surface area contributed by atoms with Crippen LogP contribution in [0.3, 0.4) is 0 Å². The summed E-state index contributed by atoms with van der Waals surface area (Å²) in [6, 6.07) is 11.4. The minimum Gasteiger partial charge on any atom is -0.399 e. The number of hydrogen-bond acceptors (Lipinski definition) is 5. The molecule has 32 heavy (non-hydrogen) atoms. The summed E-state index contributed by atoms with van der Waals surface area (Å²) < 4.78 is 12.4. The Morgan fingerprint density at radius 1 is 0.844 bits per heavy atom. The Hall–Kier alpha value is -2.35. The summed E-state index contributed by atoms with van der Waals surface area (Å²) in [5.74, 6) is -0.190. The van der Waals surface area contributed by atoms with E-state index in [0.717, 1.165) is 16.7 Å². The van der Waals surface area contributed by atoms with E-state index in [1.165, 1.54) is 0 Å². The molecule has 6 nitrogen and oxygen atoms in total. The van der Waals surface area contributed by atoms with Gasteiger partial charge in [0.1, 0.15) is 0 Å². The molecule has 1 fully saturated rings. The molecule has 2 aliphatic heterocycles. The predicted octanol–water partition coefficient (Wildman–Crippen LogP) is 4.34. The van der Waals surface area contributed by atoms with Crippen molar-refractivity contribution < 1.29 is 19.2 Å². The molecule has 170 valence electrons. The molecule has 2 aromatic rings. The fourth-order valence-corrected chi connectivity index (χ4v) is 3.82. The molecule has 0 unspecified atom stereocenters. The highest BCUT2D eigenvalue weighted by Crippen LogP contribution is 2.40. The van der Waals surface area contributed by atoms with Crippen LogP contribution in [0.15, 0.2) is 36.4 Å². The monoisotopic (exact) mass is 436 g/mol. The van der Waals surface area contributed by atoms with Gasteiger partial charge in [-0.25, -0.2) is 0 Å². The number of anilines is 3. The van der Waals surface area contributed by atoms with Gasteiger partial charge in [0.05, 0.1) is 39.4 Å². The number of carbonyl (C=O) groups is 1. The van der Waals surface area contributed by atoms with Crippen molar-refractivity contribution in [1.82, 2.24) is 0 Å². The second-order valence-electron chi connectivity index (χ2n) is 10.9. The molecule has 3 N–H and O–H groups in total. The maximum atomic E-state index is 13.0. The average Bonchev–Trinajstić information content (AvgIpc) is 2.80. The molecular formula is C25H33BN2O4. The zero-order valence-electron chi connectivity index (χ0n) is 20.2. The highest BCUT2D eigenvalue weighted by molar-refractivity contribution is 6.62. The second kappa shape index (κ2) is 7.08. The number of carbonyl (C=O) groups excluding carboxylic acids is 1. The van der Waals surface area contributed by atoms with E-state index in [4.69, 9.17) is 9.31 Å². The highest BCUT2D eigenvalue weighted by Gasteiger charge is 2.51. The molecular weight excluding hydrogens is 403 g/mol. The first-order chi connectivity index (χ1) is 14.6. The van der Waals surface area contributed by atoms with Crippen LogP contribution in [0.4, 0.5) is 17.1 Å². The van der Waals surface area contributed by atoms with Crippen molar-refractivity contribution in [3.63, 3.8) is 0 Å². The molecule has 0 saturated carbocycles. The summed E-state index contributed by atoms with van der Waals surface area (Å²) in [4.78, 5) is 13.0. The number of amides is 1. The zero-order chi connectivity index (χ0) is 23.7. The van der Waals surface area contributed by atoms with Crippen LogP contribution in [0.1, 0.15) is 71.3 Å². The molecule has 7 heteroatoms. The number of benzene rings is 2. The Morgan fingerprint density at radius 3 is 2.06 bits per heavy atom. The van der Waals surface area contributed by atoms with Crippen molar-refractivity contribution in [3.05, 3.63) is 47.5 Å². The lowest BCUT2D eigenvalue weighted by Gasteiger charge is -2.38. The van der Waals surface area contributed by atoms with Gasteiger partial charge >= 0.3 is 7.12 Å². The third-order valence-corrected chi connectivity index (χ3v) is 7.60. The minimum absolute atomic E-state index is 0.190. The van der Waals surface area contributed by atoms with E-state index < -0.39 is 29.3 Å². The quantitative estimate of drug-likeness (QED) is 0.624. The molecule has 0 bridgehead atoms. The van der Waals surface area contributed by atoms with Crippen LogP contribution in [0.5, 0.6) is 0 Å². The van der Waals surface area contributed by atoms with Gasteiger partial charge in [0.2, 0.25) is 0 Å². The summed E-state index contributed by atoms with van der Waals surface area (Å²) in [5.41, 5.74) is 2.20. The Kier molecular flexibility index (Phi) is 5.05. The number of nitrogens with one attached hydrogen (secondary N) is 2. The van der Waals surface area contributed by atoms with Gasteiger partial charge in [-0.15, -0.1) is 0 Å². The van der Waals surface area contributed by atoms with Crippen LogP contribution in [0.2, 0.25) is 0 Å². The van der Waals surface area contributed by atoms with Crippen LogP contribution in [-0.2, 0) is 14.7 Å². The van der Waals surface area contributed by atoms with Crippen molar-refractivity contribution in [1.29, 1.82) is 0 Å². The van der Waals surface area contributed by atoms with Gasteiger partial charge in [0.15, 0.2) is 0 Å². The van der Waals surface area contributed by atoms with Gasteiger partial charge in [-0.2, -0.15) is 0 Å². The standard InChI is InChI=1S/C25H33BN2O4/c1-22(2,23(3,4)30)15-9-12-18-20(13-15)28-21(29)17-11-10-16(14-19(17)27-18)26-31-24(5,6)25(7,8)32-26/h9-14,27,30H,1-8H3,(H,28,29). The summed E-state index contributed by atoms with van der Waals surface area (Å²) in [5, 5.41) is 17.0. The van der Waals surface area contributed by atoms with Crippen LogP contribution < -0.4 is 16.1 Å². The maximum absolute atomic E-state index is 13.0. The lowest BCUT2D eigenvalue weighted by molar-refractivity contribution is 0.00578. The molecule has 0 aliphatic carbocycles. The molecule has 2 heterocycles. The highest BCUT2D eigenvalue weighted by atomic mass is 16.7. The molecule has 1 saturated heterocycles. The van der Waals surface area contributed by atoms with E-state index in [1.807, 2.05) is 71.9 Å². The van der Waals surface area contributed by atoms with E-state index in [-0.39, 0.29) is 5.91 Å². The first-order valence-corrected chi connectivity index (χ1v) is 11.1. The van der Waals surface area contributed by atoms with Gasteiger partial charge in [0.25, 0.3) is 5.91 Å². The normalized spacial score (nSPS) is 19.5. The molecule has 4 rings (SSSR count). The average molecular weight is 436 g/mol. The van der Waals surface area contributed by atoms with E-state index in [1.54, 1.807) is 19.9 Å². The van der Waals surface area contributed by atoms with Crippen molar-refractivity contribution in [3.8, 4) is 0 Å². The minimum atomic E-state index is -0.926. The van der Waals surface area contributed by atoms with Gasteiger partial charge in [0, 0.05) is 5.41 Å². The number of aliphatic hydroxyl groups is 1. The Morgan fingerprint density at radius 2 is 1.47 bits per heavy atom. The van der Waals surface area contributed by atoms with Crippen molar-refractivity contribution >= 4 is 35.6 Å². The van der Waals surface area contributed by atoms with Gasteiger partial charge < -0.3 is 25.0 Å². The molecule has 2 aromatic carbocycles. The largest absolute Gasteiger partial charge is 0.494 e. The molecule has 0 spiro atoms. The lowest BCUT2D eigenvalue weighted by atomic mass is 9.72. The van der Waals surface area contributed by atoms with E-state index >= 15 is 0 Å². The lowest BCUT2D eigenvalue weighted by Crippen LogP contribution is -2.42. The van der Waals surface area contributed by atoms with Crippen molar-refractivity contribution in [2.75, 3.05) is 10.6 Å². The smallest absolute Gasteiger partial charge is 0.399 e. The van der Waals surface area contributed by atoms with E-state index in [0.29, 0.717) is 16.9 Å². The van der Waals surface area contributed by atoms with Crippen molar-refractivity contribution in [2.45, 2.75) is 77.6 Å². The second-order valence-corrected chi connectivity index (χ2v) is 10.9. The third kappa shape index (κ3) is 3.62. The summed E-state index contributed by atoms with van der Waals surface area (Å²) in [6.07, 6.45) is 0. The summed E-state index contributed by atoms with van der Waals surface area (Å²) >= 11 is 0. The fraction of sp³-hybridized carbons (Fsp3) is 0.480. The fourth-order valence-electron chi connectivity index (χ4n) is 3.82. The number of fused-ring (bicyclic) bond motifs is 2. The number of rotatable bonds is 3. The summed E-state index contributed by atoms with van der Waals surface area (Å²) in [7, 11) is -0.507. The molecule has 1 amide bonds. The Balaban J connectivity index is 1.69. The first kappa shape index (κ1) is 22.8. The third-order valence-electron chi connectivity index (χ3n) is 7.60. The Labute approximate surface area is 190 Å².